The molecule has 0 saturated carbocycles. The van der Waals surface area contributed by atoms with Gasteiger partial charge in [-0.2, -0.15) is 0 Å². The van der Waals surface area contributed by atoms with Gasteiger partial charge in [-0.15, -0.1) is 0 Å². The lowest BCUT2D eigenvalue weighted by molar-refractivity contribution is -0.136. The van der Waals surface area contributed by atoms with E-state index in [-0.39, 0.29) is 19.1 Å². The molecule has 1 amide bonds. The number of hydrogen-bond donors (Lipinski definition) is 2. The fourth-order valence-corrected chi connectivity index (χ4v) is 5.91. The SMILES string of the molecule is CCN(CC)C(=O)C(CCN1CCC(O)(c2ccccc2OCCO)CC1)(c1ccccc1)c1ccccc1. The van der Waals surface area contributed by atoms with E-state index in [9.17, 15) is 15.0 Å². The number of hydrogen-bond acceptors (Lipinski definition) is 5. The minimum atomic E-state index is -0.991. The Balaban J connectivity index is 1.59. The van der Waals surface area contributed by atoms with E-state index < -0.39 is 11.0 Å². The molecule has 3 aromatic carbocycles. The van der Waals surface area contributed by atoms with Gasteiger partial charge in [0.05, 0.1) is 12.2 Å². The van der Waals surface area contributed by atoms with Crippen molar-refractivity contribution in [2.75, 3.05) is 45.9 Å². The van der Waals surface area contributed by atoms with Crippen LogP contribution >= 0.6 is 0 Å². The zero-order valence-electron chi connectivity index (χ0n) is 23.3. The Morgan fingerprint density at radius 3 is 1.97 bits per heavy atom. The van der Waals surface area contributed by atoms with Gasteiger partial charge in [0.1, 0.15) is 17.8 Å². The monoisotopic (exact) mass is 530 g/mol. The van der Waals surface area contributed by atoms with Crippen LogP contribution in [0.2, 0.25) is 0 Å². The van der Waals surface area contributed by atoms with Crippen LogP contribution in [0.3, 0.4) is 0 Å². The molecule has 1 heterocycles. The van der Waals surface area contributed by atoms with Gasteiger partial charge >= 0.3 is 0 Å². The van der Waals surface area contributed by atoms with Crippen molar-refractivity contribution in [3.05, 3.63) is 102 Å². The number of likely N-dealkylation sites (tertiary alicyclic amines) is 1. The summed E-state index contributed by atoms with van der Waals surface area (Å²) in [5, 5.41) is 20.8. The maximum Gasteiger partial charge on any atom is 0.237 e. The topological polar surface area (TPSA) is 73.2 Å². The molecule has 0 atom stereocenters. The quantitative estimate of drug-likeness (QED) is 0.359. The Labute approximate surface area is 232 Å². The maximum absolute atomic E-state index is 14.3. The Bertz CT molecular complexity index is 1130. The smallest absolute Gasteiger partial charge is 0.237 e. The molecule has 0 unspecified atom stereocenters. The average molecular weight is 531 g/mol. The number of nitrogens with zero attached hydrogens (tertiary/aromatic N) is 2. The number of aliphatic hydroxyl groups excluding tert-OH is 1. The van der Waals surface area contributed by atoms with Crippen LogP contribution in [0.25, 0.3) is 0 Å². The minimum Gasteiger partial charge on any atom is -0.491 e. The molecular formula is C33H42N2O4. The predicted octanol–water partition coefficient (Wildman–Crippen LogP) is 4.59. The van der Waals surface area contributed by atoms with Crippen molar-refractivity contribution in [1.82, 2.24) is 9.80 Å². The van der Waals surface area contributed by atoms with Crippen LogP contribution in [0.5, 0.6) is 5.75 Å². The van der Waals surface area contributed by atoms with E-state index in [1.54, 1.807) is 0 Å². The summed E-state index contributed by atoms with van der Waals surface area (Å²) in [4.78, 5) is 18.7. The van der Waals surface area contributed by atoms with Crippen molar-refractivity contribution in [3.63, 3.8) is 0 Å². The largest absolute Gasteiger partial charge is 0.491 e. The highest BCUT2D eigenvalue weighted by Gasteiger charge is 2.44. The molecule has 6 heteroatoms. The number of carbonyl (C=O) groups is 1. The first kappa shape index (κ1) is 28.8. The van der Waals surface area contributed by atoms with Crippen LogP contribution in [0.4, 0.5) is 0 Å². The predicted molar refractivity (Wildman–Crippen MR) is 155 cm³/mol. The van der Waals surface area contributed by atoms with Crippen molar-refractivity contribution in [2.24, 2.45) is 0 Å². The van der Waals surface area contributed by atoms with E-state index in [1.807, 2.05) is 79.4 Å². The maximum atomic E-state index is 14.3. The zero-order valence-corrected chi connectivity index (χ0v) is 23.3. The summed E-state index contributed by atoms with van der Waals surface area (Å²) in [6.07, 6.45) is 1.78. The van der Waals surface area contributed by atoms with Crippen LogP contribution in [0.1, 0.15) is 49.8 Å². The summed E-state index contributed by atoms with van der Waals surface area (Å²) >= 11 is 0. The lowest BCUT2D eigenvalue weighted by Gasteiger charge is -2.42. The highest BCUT2D eigenvalue weighted by molar-refractivity contribution is 5.92. The van der Waals surface area contributed by atoms with Gasteiger partial charge < -0.3 is 24.7 Å². The van der Waals surface area contributed by atoms with Crippen LogP contribution in [-0.2, 0) is 15.8 Å². The summed E-state index contributed by atoms with van der Waals surface area (Å²) in [6, 6.07) is 27.9. The minimum absolute atomic E-state index is 0.0721. The zero-order chi connectivity index (χ0) is 27.7. The fourth-order valence-electron chi connectivity index (χ4n) is 5.91. The van der Waals surface area contributed by atoms with Gasteiger partial charge in [0.2, 0.25) is 5.91 Å². The molecule has 0 radical (unpaired) electrons. The number of likely N-dealkylation sites (N-methyl/N-ethyl adjacent to an activating group) is 1. The number of rotatable bonds is 12. The summed E-state index contributed by atoms with van der Waals surface area (Å²) in [5.74, 6) is 0.757. The van der Waals surface area contributed by atoms with Crippen molar-refractivity contribution in [1.29, 1.82) is 0 Å². The van der Waals surface area contributed by atoms with Crippen LogP contribution in [-0.4, -0.2) is 71.9 Å². The number of aliphatic hydroxyl groups is 2. The van der Waals surface area contributed by atoms with E-state index in [2.05, 4.69) is 29.2 Å². The van der Waals surface area contributed by atoms with Crippen molar-refractivity contribution in [3.8, 4) is 5.75 Å². The molecule has 0 aromatic heterocycles. The number of carbonyl (C=O) groups excluding carboxylic acids is 1. The summed E-state index contributed by atoms with van der Waals surface area (Å²) < 4.78 is 5.73. The molecule has 6 nitrogen and oxygen atoms in total. The van der Waals surface area contributed by atoms with E-state index in [0.29, 0.717) is 51.2 Å². The molecule has 1 fully saturated rings. The first-order valence-electron chi connectivity index (χ1n) is 14.2. The summed E-state index contributed by atoms with van der Waals surface area (Å²) in [7, 11) is 0. The highest BCUT2D eigenvalue weighted by Crippen LogP contribution is 2.41. The Kier molecular flexibility index (Phi) is 9.78. The highest BCUT2D eigenvalue weighted by atomic mass is 16.5. The standard InChI is InChI=1S/C33H42N2O4/c1-3-35(4-2)31(37)33(27-13-7-5-8-14-27,28-15-9-6-10-16-28)21-24-34-22-19-32(38,20-23-34)29-17-11-12-18-30(29)39-26-25-36/h5-18,36,38H,3-4,19-26H2,1-2H3. The van der Waals surface area contributed by atoms with Gasteiger partial charge in [-0.3, -0.25) is 4.79 Å². The molecule has 39 heavy (non-hydrogen) atoms. The molecular weight excluding hydrogens is 488 g/mol. The first-order chi connectivity index (χ1) is 19.0. The summed E-state index contributed by atoms with van der Waals surface area (Å²) in [6.45, 7) is 7.67. The van der Waals surface area contributed by atoms with Gasteiger partial charge in [0.25, 0.3) is 0 Å². The van der Waals surface area contributed by atoms with E-state index >= 15 is 0 Å². The van der Waals surface area contributed by atoms with E-state index in [1.165, 1.54) is 0 Å². The number of piperidine rings is 1. The second kappa shape index (κ2) is 13.2. The van der Waals surface area contributed by atoms with Crippen molar-refractivity contribution >= 4 is 5.91 Å². The molecule has 208 valence electrons. The number of para-hydroxylation sites is 1. The average Bonchev–Trinajstić information content (AvgIpc) is 2.99. The van der Waals surface area contributed by atoms with Gasteiger partial charge in [-0.1, -0.05) is 78.9 Å². The molecule has 2 N–H and O–H groups in total. The van der Waals surface area contributed by atoms with Gasteiger partial charge in [0, 0.05) is 31.7 Å². The molecule has 1 aliphatic heterocycles. The van der Waals surface area contributed by atoms with Crippen LogP contribution in [0, 0.1) is 0 Å². The first-order valence-corrected chi connectivity index (χ1v) is 14.2. The van der Waals surface area contributed by atoms with Gasteiger partial charge in [0.15, 0.2) is 0 Å². The molecule has 1 aliphatic rings. The van der Waals surface area contributed by atoms with Crippen molar-refractivity contribution < 1.29 is 19.7 Å². The van der Waals surface area contributed by atoms with Gasteiger partial charge in [-0.05, 0) is 56.8 Å². The Hall–Kier alpha value is -3.19. The van der Waals surface area contributed by atoms with Gasteiger partial charge in [-0.25, -0.2) is 0 Å². The Morgan fingerprint density at radius 2 is 1.44 bits per heavy atom. The van der Waals surface area contributed by atoms with E-state index in [0.717, 1.165) is 23.2 Å². The third-order valence-corrected chi connectivity index (χ3v) is 8.17. The molecule has 3 aromatic rings. The Morgan fingerprint density at radius 1 is 0.897 bits per heavy atom. The molecule has 0 aliphatic carbocycles. The van der Waals surface area contributed by atoms with E-state index in [4.69, 9.17) is 4.74 Å². The van der Waals surface area contributed by atoms with Crippen LogP contribution < -0.4 is 4.74 Å². The number of ether oxygens (including phenoxy) is 1. The van der Waals surface area contributed by atoms with Crippen LogP contribution in [0.15, 0.2) is 84.9 Å². The third-order valence-electron chi connectivity index (χ3n) is 8.17. The lowest BCUT2D eigenvalue weighted by atomic mass is 9.70. The van der Waals surface area contributed by atoms with Crippen molar-refractivity contribution in [2.45, 2.75) is 44.1 Å². The normalized spacial score (nSPS) is 15.6. The number of amides is 1. The second-order valence-electron chi connectivity index (χ2n) is 10.3. The number of benzene rings is 3. The molecule has 4 rings (SSSR count). The fraction of sp³-hybridized carbons (Fsp3) is 0.424. The third kappa shape index (κ3) is 6.19. The molecule has 0 bridgehead atoms. The lowest BCUT2D eigenvalue weighted by Crippen LogP contribution is -2.50. The molecule has 0 spiro atoms. The second-order valence-corrected chi connectivity index (χ2v) is 10.3. The summed E-state index contributed by atoms with van der Waals surface area (Å²) in [5.41, 5.74) is 1.01. The molecule has 1 saturated heterocycles.